The lowest BCUT2D eigenvalue weighted by Crippen LogP contribution is -2.18. The van der Waals surface area contributed by atoms with E-state index in [2.05, 4.69) is 10.3 Å². The largest absolute Gasteiger partial charge is 0.435 e. The molecule has 0 aliphatic heterocycles. The number of aliphatic hydroxyl groups is 1. The molecule has 17 heavy (non-hydrogen) atoms. The molecule has 1 saturated carbocycles. The zero-order valence-corrected chi connectivity index (χ0v) is 9.11. The van der Waals surface area contributed by atoms with Crippen molar-refractivity contribution in [1.82, 2.24) is 15.0 Å². The van der Waals surface area contributed by atoms with Gasteiger partial charge in [-0.1, -0.05) is 5.21 Å². The van der Waals surface area contributed by atoms with E-state index in [0.717, 1.165) is 4.68 Å². The average Bonchev–Trinajstić information content (AvgIpc) is 2.95. The first-order valence-corrected chi connectivity index (χ1v) is 5.27. The quantitative estimate of drug-likeness (QED) is 0.827. The molecule has 1 atom stereocenters. The molecule has 0 aromatic carbocycles. The maximum absolute atomic E-state index is 12.9. The van der Waals surface area contributed by atoms with Crippen LogP contribution in [0.1, 0.15) is 43.5 Å². The fraction of sp³-hybridized carbons (Fsp3) is 0.778. The van der Waals surface area contributed by atoms with Gasteiger partial charge in [0.1, 0.15) is 0 Å². The maximum Gasteiger partial charge on any atom is 0.435 e. The Bertz CT molecular complexity index is 401. The van der Waals surface area contributed by atoms with Gasteiger partial charge in [0, 0.05) is 6.61 Å². The van der Waals surface area contributed by atoms with Crippen molar-refractivity contribution in [2.24, 2.45) is 0 Å². The lowest BCUT2D eigenvalue weighted by molar-refractivity contribution is -0.153. The van der Waals surface area contributed by atoms with Crippen LogP contribution >= 0.6 is 0 Å². The van der Waals surface area contributed by atoms with Crippen LogP contribution in [-0.4, -0.2) is 26.7 Å². The van der Waals surface area contributed by atoms with E-state index in [1.165, 1.54) is 0 Å². The minimum absolute atomic E-state index is 0.0920. The molecule has 0 spiro atoms. The third-order valence-corrected chi connectivity index (χ3v) is 2.44. The average molecular weight is 251 g/mol. The van der Waals surface area contributed by atoms with Crippen molar-refractivity contribution < 1.29 is 23.0 Å². The Morgan fingerprint density at radius 3 is 2.65 bits per heavy atom. The van der Waals surface area contributed by atoms with E-state index in [1.807, 2.05) is 0 Å². The van der Waals surface area contributed by atoms with Gasteiger partial charge in [-0.15, -0.1) is 5.10 Å². The van der Waals surface area contributed by atoms with Crippen molar-refractivity contribution >= 4 is 0 Å². The molecule has 1 fully saturated rings. The smallest absolute Gasteiger partial charge is 0.363 e. The van der Waals surface area contributed by atoms with Crippen LogP contribution < -0.4 is 0 Å². The molecule has 1 aliphatic carbocycles. The van der Waals surface area contributed by atoms with E-state index in [-0.39, 0.29) is 12.6 Å². The molecule has 0 saturated heterocycles. The second kappa shape index (κ2) is 4.26. The molecule has 1 aromatic rings. The summed E-state index contributed by atoms with van der Waals surface area (Å²) in [4.78, 5) is 0. The molecule has 1 aromatic heterocycles. The first-order valence-electron chi connectivity index (χ1n) is 5.27. The third-order valence-electron chi connectivity index (χ3n) is 2.44. The summed E-state index contributed by atoms with van der Waals surface area (Å²) >= 11 is 0. The fourth-order valence-electron chi connectivity index (χ4n) is 1.56. The van der Waals surface area contributed by atoms with Crippen LogP contribution in [-0.2, 0) is 10.9 Å². The topological polar surface area (TPSA) is 60.2 Å². The van der Waals surface area contributed by atoms with Gasteiger partial charge in [-0.25, -0.2) is 4.68 Å². The molecule has 1 aliphatic rings. The molecule has 1 N–H and O–H groups in total. The predicted octanol–water partition coefficient (Wildman–Crippen LogP) is 1.66. The molecule has 96 valence electrons. The molecule has 8 heteroatoms. The standard InChI is InChI=1S/C9H12F3N3O2/c1-2-17-8(16)6-7(9(10,11)12)15(14-13-6)5-3-4-5/h5,8,16H,2-4H2,1H3. The second-order valence-electron chi connectivity index (χ2n) is 3.80. The van der Waals surface area contributed by atoms with Gasteiger partial charge in [-0.2, -0.15) is 13.2 Å². The Morgan fingerprint density at radius 1 is 1.53 bits per heavy atom. The fourth-order valence-corrected chi connectivity index (χ4v) is 1.56. The van der Waals surface area contributed by atoms with Crippen LogP contribution in [0.25, 0.3) is 0 Å². The first kappa shape index (κ1) is 12.3. The molecule has 1 heterocycles. The summed E-state index contributed by atoms with van der Waals surface area (Å²) in [6.45, 7) is 1.66. The van der Waals surface area contributed by atoms with Crippen LogP contribution in [0, 0.1) is 0 Å². The number of ether oxygens (including phenoxy) is 1. The highest BCUT2D eigenvalue weighted by Crippen LogP contribution is 2.41. The van der Waals surface area contributed by atoms with Gasteiger partial charge in [-0.05, 0) is 19.8 Å². The van der Waals surface area contributed by atoms with Crippen molar-refractivity contribution in [3.05, 3.63) is 11.4 Å². The van der Waals surface area contributed by atoms with Crippen LogP contribution in [0.5, 0.6) is 0 Å². The predicted molar refractivity (Wildman–Crippen MR) is 49.9 cm³/mol. The van der Waals surface area contributed by atoms with E-state index in [1.54, 1.807) is 6.92 Å². The zero-order chi connectivity index (χ0) is 12.6. The summed E-state index contributed by atoms with van der Waals surface area (Å²) in [5, 5.41) is 16.3. The SMILES string of the molecule is CCOC(O)c1nnn(C2CC2)c1C(F)(F)F. The number of nitrogens with zero attached hydrogens (tertiary/aromatic N) is 3. The normalized spacial score (nSPS) is 18.4. The Morgan fingerprint density at radius 2 is 2.18 bits per heavy atom. The highest BCUT2D eigenvalue weighted by molar-refractivity contribution is 5.17. The number of aliphatic hydroxyl groups excluding tert-OH is 1. The van der Waals surface area contributed by atoms with E-state index < -0.39 is 23.9 Å². The Labute approximate surface area is 95.2 Å². The number of halogens is 3. The summed E-state index contributed by atoms with van der Waals surface area (Å²) in [6, 6.07) is -0.262. The van der Waals surface area contributed by atoms with Gasteiger partial charge in [-0.3, -0.25) is 0 Å². The first-order chi connectivity index (χ1) is 7.95. The molecule has 1 unspecified atom stereocenters. The summed E-state index contributed by atoms with van der Waals surface area (Å²) in [5.74, 6) is 0. The molecule has 5 nitrogen and oxygen atoms in total. The summed E-state index contributed by atoms with van der Waals surface area (Å²) < 4.78 is 44.1. The minimum atomic E-state index is -4.60. The van der Waals surface area contributed by atoms with E-state index in [9.17, 15) is 18.3 Å². The van der Waals surface area contributed by atoms with E-state index in [4.69, 9.17) is 4.74 Å². The van der Waals surface area contributed by atoms with Gasteiger partial charge in [0.2, 0.25) is 6.29 Å². The van der Waals surface area contributed by atoms with E-state index >= 15 is 0 Å². The van der Waals surface area contributed by atoms with Gasteiger partial charge in [0.05, 0.1) is 6.04 Å². The van der Waals surface area contributed by atoms with Crippen LogP contribution in [0.15, 0.2) is 0 Å². The lowest BCUT2D eigenvalue weighted by atomic mass is 10.3. The Hall–Kier alpha value is -1.15. The molecule has 0 amide bonds. The Balaban J connectivity index is 2.38. The molecule has 0 radical (unpaired) electrons. The summed E-state index contributed by atoms with van der Waals surface area (Å²) in [6.07, 6.45) is -4.99. The van der Waals surface area contributed by atoms with Gasteiger partial charge in [0.25, 0.3) is 0 Å². The number of rotatable bonds is 4. The number of hydrogen-bond acceptors (Lipinski definition) is 4. The molecule has 0 bridgehead atoms. The highest BCUT2D eigenvalue weighted by atomic mass is 19.4. The Kier molecular flexibility index (Phi) is 3.09. The van der Waals surface area contributed by atoms with Crippen LogP contribution in [0.4, 0.5) is 13.2 Å². The van der Waals surface area contributed by atoms with E-state index in [0.29, 0.717) is 12.8 Å². The summed E-state index contributed by atoms with van der Waals surface area (Å²) in [5.41, 5.74) is -1.58. The second-order valence-corrected chi connectivity index (χ2v) is 3.80. The van der Waals surface area contributed by atoms with Crippen molar-refractivity contribution in [3.8, 4) is 0 Å². The highest BCUT2D eigenvalue weighted by Gasteiger charge is 2.44. The third kappa shape index (κ3) is 2.42. The number of hydrogen-bond donors (Lipinski definition) is 1. The maximum atomic E-state index is 12.9. The van der Waals surface area contributed by atoms with Gasteiger partial charge >= 0.3 is 6.18 Å². The van der Waals surface area contributed by atoms with Crippen LogP contribution in [0.2, 0.25) is 0 Å². The van der Waals surface area contributed by atoms with Crippen molar-refractivity contribution in [2.75, 3.05) is 6.61 Å². The van der Waals surface area contributed by atoms with Gasteiger partial charge in [0.15, 0.2) is 11.4 Å². The molecular weight excluding hydrogens is 239 g/mol. The number of aromatic nitrogens is 3. The monoisotopic (exact) mass is 251 g/mol. The number of alkyl halides is 3. The minimum Gasteiger partial charge on any atom is -0.363 e. The molecular formula is C9H12F3N3O2. The van der Waals surface area contributed by atoms with Crippen molar-refractivity contribution in [3.63, 3.8) is 0 Å². The lowest BCUT2D eigenvalue weighted by Gasteiger charge is -2.13. The van der Waals surface area contributed by atoms with Crippen molar-refractivity contribution in [1.29, 1.82) is 0 Å². The van der Waals surface area contributed by atoms with Gasteiger partial charge < -0.3 is 9.84 Å². The van der Waals surface area contributed by atoms with Crippen LogP contribution in [0.3, 0.4) is 0 Å². The molecule has 2 rings (SSSR count). The van der Waals surface area contributed by atoms with Crippen molar-refractivity contribution in [2.45, 2.75) is 38.3 Å². The summed E-state index contributed by atoms with van der Waals surface area (Å²) in [7, 11) is 0. The zero-order valence-electron chi connectivity index (χ0n) is 9.11.